The zero-order chi connectivity index (χ0) is 32.1. The maximum atomic E-state index is 12.3. The van der Waals surface area contributed by atoms with E-state index in [1.165, 1.54) is 25.3 Å². The molecule has 2 heterocycles. The molecule has 0 radical (unpaired) electrons. The van der Waals surface area contributed by atoms with Crippen LogP contribution in [0.15, 0.2) is 133 Å². The van der Waals surface area contributed by atoms with Crippen molar-refractivity contribution in [2.45, 2.75) is 36.8 Å². The van der Waals surface area contributed by atoms with Gasteiger partial charge in [-0.1, -0.05) is 133 Å². The van der Waals surface area contributed by atoms with Crippen LogP contribution >= 0.6 is 0 Å². The van der Waals surface area contributed by atoms with Gasteiger partial charge >= 0.3 is 11.9 Å². The second-order valence-electron chi connectivity index (χ2n) is 11.4. The molecule has 0 saturated heterocycles. The largest absolute Gasteiger partial charge is 0.468 e. The molecule has 0 fully saturated rings. The third-order valence-corrected chi connectivity index (χ3v) is 8.45. The van der Waals surface area contributed by atoms with Gasteiger partial charge in [-0.15, -0.1) is 0 Å². The quantitative estimate of drug-likeness (QED) is 0.157. The lowest BCUT2D eigenvalue weighted by atomic mass is 9.88. The molecule has 0 unspecified atom stereocenters. The molecule has 46 heavy (non-hydrogen) atoms. The summed E-state index contributed by atoms with van der Waals surface area (Å²) >= 11 is 0. The van der Waals surface area contributed by atoms with Gasteiger partial charge in [0.25, 0.3) is 0 Å². The lowest BCUT2D eigenvalue weighted by Gasteiger charge is -2.26. The van der Waals surface area contributed by atoms with Gasteiger partial charge in [0.1, 0.15) is 11.8 Å². The summed E-state index contributed by atoms with van der Waals surface area (Å²) in [5.74, 6) is -1.05. The SMILES string of the molecule is COC(=O)[C@@H](c1ccc(-c2ccccc2)cc1)[C@H]1C=CCCN1.COC(=O)[C@H](c1ccc(-c2ccccc2)cc1)[C@@H]1C=CCCN1.[HH].[HH]. The Morgan fingerprint density at radius 3 is 1.22 bits per heavy atom. The molecule has 6 rings (SSSR count). The van der Waals surface area contributed by atoms with Crippen LogP contribution < -0.4 is 10.6 Å². The van der Waals surface area contributed by atoms with Crippen molar-refractivity contribution in [1.82, 2.24) is 10.6 Å². The molecule has 6 heteroatoms. The van der Waals surface area contributed by atoms with E-state index in [9.17, 15) is 9.59 Å². The smallest absolute Gasteiger partial charge is 0.315 e. The number of esters is 2. The summed E-state index contributed by atoms with van der Waals surface area (Å²) in [7, 11) is 2.89. The first-order valence-corrected chi connectivity index (χ1v) is 15.9. The highest BCUT2D eigenvalue weighted by atomic mass is 16.5. The van der Waals surface area contributed by atoms with Gasteiger partial charge in [-0.25, -0.2) is 0 Å². The molecule has 0 aliphatic carbocycles. The van der Waals surface area contributed by atoms with E-state index in [2.05, 4.69) is 83.5 Å². The number of methoxy groups -OCH3 is 2. The van der Waals surface area contributed by atoms with E-state index in [-0.39, 0.29) is 38.7 Å². The molecule has 0 bridgehead atoms. The van der Waals surface area contributed by atoms with Crippen molar-refractivity contribution in [3.63, 3.8) is 0 Å². The van der Waals surface area contributed by atoms with E-state index < -0.39 is 0 Å². The Balaban J connectivity index is 0.000000250. The minimum Gasteiger partial charge on any atom is -0.468 e. The first-order chi connectivity index (χ1) is 22.6. The Hall–Kier alpha value is -4.78. The third-order valence-electron chi connectivity index (χ3n) is 8.45. The molecular weight excluding hydrogens is 572 g/mol. The molecule has 4 aromatic rings. The first-order valence-electron chi connectivity index (χ1n) is 15.9. The first kappa shape index (κ1) is 32.6. The van der Waals surface area contributed by atoms with E-state index >= 15 is 0 Å². The summed E-state index contributed by atoms with van der Waals surface area (Å²) in [6.45, 7) is 1.77. The van der Waals surface area contributed by atoms with Gasteiger partial charge < -0.3 is 20.1 Å². The van der Waals surface area contributed by atoms with Crippen LogP contribution in [0.5, 0.6) is 0 Å². The number of nitrogens with one attached hydrogen (secondary N) is 2. The number of ether oxygens (including phenoxy) is 2. The van der Waals surface area contributed by atoms with Crippen molar-refractivity contribution in [1.29, 1.82) is 0 Å². The Morgan fingerprint density at radius 2 is 0.913 bits per heavy atom. The second kappa shape index (κ2) is 16.5. The van der Waals surface area contributed by atoms with Gasteiger partial charge in [0, 0.05) is 14.9 Å². The molecule has 4 atom stereocenters. The van der Waals surface area contributed by atoms with Gasteiger partial charge in [-0.05, 0) is 59.3 Å². The molecule has 4 aromatic carbocycles. The average molecular weight is 619 g/mol. The maximum Gasteiger partial charge on any atom is 0.315 e. The fourth-order valence-corrected chi connectivity index (χ4v) is 6.01. The van der Waals surface area contributed by atoms with Gasteiger partial charge in [0.15, 0.2) is 0 Å². The predicted molar refractivity (Wildman–Crippen MR) is 189 cm³/mol. The number of carbonyl (C=O) groups is 2. The van der Waals surface area contributed by atoms with E-state index in [0.29, 0.717) is 0 Å². The van der Waals surface area contributed by atoms with Gasteiger partial charge in [-0.2, -0.15) is 0 Å². The Kier molecular flexibility index (Phi) is 11.7. The zero-order valence-electron chi connectivity index (χ0n) is 26.5. The van der Waals surface area contributed by atoms with Crippen molar-refractivity contribution in [2.75, 3.05) is 27.3 Å². The van der Waals surface area contributed by atoms with Gasteiger partial charge in [0.2, 0.25) is 0 Å². The van der Waals surface area contributed by atoms with Crippen molar-refractivity contribution in [2.24, 2.45) is 0 Å². The van der Waals surface area contributed by atoms with Crippen LogP contribution in [0.1, 0.15) is 38.7 Å². The van der Waals surface area contributed by atoms with Crippen molar-refractivity contribution < 1.29 is 21.9 Å². The number of rotatable bonds is 8. The number of hydrogen-bond acceptors (Lipinski definition) is 6. The fourth-order valence-electron chi connectivity index (χ4n) is 6.01. The molecule has 0 amide bonds. The number of hydrogen-bond donors (Lipinski definition) is 2. The highest BCUT2D eigenvalue weighted by Gasteiger charge is 2.31. The standard InChI is InChI=1S/2C20H21NO2.2H2/c2*1-23-20(22)19(18-9-5-6-14-21-18)17-12-10-16(11-13-17)15-7-3-2-4-8-15;;/h2*2-5,7-13,18-19,21H,6,14H2,1H3;2*1H/t2*18-,19+;;/m10../s1. The lowest BCUT2D eigenvalue weighted by Crippen LogP contribution is -2.39. The van der Waals surface area contributed by atoms with E-state index in [1.807, 2.05) is 60.7 Å². The van der Waals surface area contributed by atoms with E-state index in [4.69, 9.17) is 9.47 Å². The second-order valence-corrected chi connectivity index (χ2v) is 11.4. The lowest BCUT2D eigenvalue weighted by molar-refractivity contribution is -0.143. The van der Waals surface area contributed by atoms with Gasteiger partial charge in [-0.3, -0.25) is 9.59 Å². The van der Waals surface area contributed by atoms with Crippen LogP contribution in [0.3, 0.4) is 0 Å². The topological polar surface area (TPSA) is 76.7 Å². The molecular formula is C40H46N2O4. The molecule has 0 saturated carbocycles. The maximum absolute atomic E-state index is 12.3. The van der Waals surface area contributed by atoms with E-state index in [1.54, 1.807) is 0 Å². The minimum atomic E-state index is -0.318. The molecule has 0 spiro atoms. The molecule has 240 valence electrons. The number of benzene rings is 4. The van der Waals surface area contributed by atoms with Crippen LogP contribution in [-0.2, 0) is 19.1 Å². The summed E-state index contributed by atoms with van der Waals surface area (Å²) in [4.78, 5) is 24.5. The Bertz CT molecular complexity index is 1490. The Morgan fingerprint density at radius 1 is 0.565 bits per heavy atom. The van der Waals surface area contributed by atoms with Crippen LogP contribution in [0.4, 0.5) is 0 Å². The fraction of sp³-hybridized carbons (Fsp3) is 0.250. The minimum absolute atomic E-state index is 0. The molecule has 0 aromatic heterocycles. The third kappa shape index (κ3) is 8.27. The highest BCUT2D eigenvalue weighted by Crippen LogP contribution is 2.28. The monoisotopic (exact) mass is 618 g/mol. The van der Waals surface area contributed by atoms with Crippen molar-refractivity contribution >= 4 is 11.9 Å². The Labute approximate surface area is 275 Å². The van der Waals surface area contributed by atoms with Gasteiger partial charge in [0.05, 0.1) is 14.2 Å². The van der Waals surface area contributed by atoms with Crippen LogP contribution in [0, 0.1) is 0 Å². The predicted octanol–water partition coefficient (Wildman–Crippen LogP) is 7.55. The van der Waals surface area contributed by atoms with Crippen LogP contribution in [0.2, 0.25) is 0 Å². The summed E-state index contributed by atoms with van der Waals surface area (Å²) in [5, 5.41) is 6.78. The number of carbonyl (C=O) groups excluding carboxylic acids is 2. The summed E-state index contributed by atoms with van der Waals surface area (Å²) in [5.41, 5.74) is 6.57. The summed E-state index contributed by atoms with van der Waals surface area (Å²) in [6.07, 6.45) is 10.4. The van der Waals surface area contributed by atoms with E-state index in [0.717, 1.165) is 48.2 Å². The van der Waals surface area contributed by atoms with Crippen molar-refractivity contribution in [3.8, 4) is 22.3 Å². The zero-order valence-corrected chi connectivity index (χ0v) is 26.5. The summed E-state index contributed by atoms with van der Waals surface area (Å²) < 4.78 is 10.0. The summed E-state index contributed by atoms with van der Waals surface area (Å²) in [6, 6.07) is 36.7. The van der Waals surface area contributed by atoms with Crippen LogP contribution in [-0.4, -0.2) is 51.3 Å². The molecule has 2 N–H and O–H groups in total. The molecule has 2 aliphatic rings. The van der Waals surface area contributed by atoms with Crippen molar-refractivity contribution in [3.05, 3.63) is 145 Å². The molecule has 2 aliphatic heterocycles. The highest BCUT2D eigenvalue weighted by molar-refractivity contribution is 5.81. The normalized spacial score (nSPS) is 18.4. The van der Waals surface area contributed by atoms with Crippen LogP contribution in [0.25, 0.3) is 22.3 Å². The average Bonchev–Trinajstić information content (AvgIpc) is 3.14. The molecule has 6 nitrogen and oxygen atoms in total.